The zero-order valence-electron chi connectivity index (χ0n) is 12.7. The second kappa shape index (κ2) is 7.54. The van der Waals surface area contributed by atoms with Gasteiger partial charge in [0.1, 0.15) is 0 Å². The Morgan fingerprint density at radius 2 is 1.95 bits per heavy atom. The quantitative estimate of drug-likeness (QED) is 0.902. The van der Waals surface area contributed by atoms with Crippen molar-refractivity contribution in [2.75, 3.05) is 12.8 Å². The monoisotopic (exact) mass is 323 g/mol. The highest BCUT2D eigenvalue weighted by atomic mass is 32.2. The number of aliphatic carboxylic acids is 1. The molecule has 0 bridgehead atoms. The molecule has 1 fully saturated rings. The second-order valence-electron chi connectivity index (χ2n) is 5.56. The van der Waals surface area contributed by atoms with Crippen LogP contribution < -0.4 is 0 Å². The van der Waals surface area contributed by atoms with E-state index in [9.17, 15) is 13.8 Å². The normalized spacial score (nSPS) is 19.7. The summed E-state index contributed by atoms with van der Waals surface area (Å²) in [6, 6.07) is 6.81. The third kappa shape index (κ3) is 4.16. The minimum atomic E-state index is -1.06. The number of likely N-dealkylation sites (tertiary alicyclic amines) is 1. The standard InChI is InChI=1S/C16H21NO4S/c1-22(21)14-8-5-12(6-9-14)16(20)17-11-3-2-4-13(17)7-10-15(18)19/h5-6,8-9,13H,2-4,7,10-11H2,1H3,(H,18,19). The van der Waals surface area contributed by atoms with Crippen molar-refractivity contribution in [1.82, 2.24) is 4.90 Å². The van der Waals surface area contributed by atoms with Gasteiger partial charge in [-0.25, -0.2) is 0 Å². The van der Waals surface area contributed by atoms with Gasteiger partial charge in [-0.15, -0.1) is 0 Å². The maximum absolute atomic E-state index is 12.6. The number of carboxylic acid groups (broad SMARTS) is 1. The molecule has 2 atom stereocenters. The summed E-state index contributed by atoms with van der Waals surface area (Å²) in [6.45, 7) is 0.671. The summed E-state index contributed by atoms with van der Waals surface area (Å²) in [5.74, 6) is -0.892. The van der Waals surface area contributed by atoms with Gasteiger partial charge in [-0.05, 0) is 49.9 Å². The van der Waals surface area contributed by atoms with Gasteiger partial charge in [-0.3, -0.25) is 13.8 Å². The van der Waals surface area contributed by atoms with E-state index in [0.29, 0.717) is 23.4 Å². The lowest BCUT2D eigenvalue weighted by Gasteiger charge is -2.35. The maximum Gasteiger partial charge on any atom is 0.303 e. The Bertz CT molecular complexity index is 570. The van der Waals surface area contributed by atoms with Crippen LogP contribution in [0.25, 0.3) is 0 Å². The summed E-state index contributed by atoms with van der Waals surface area (Å²) in [4.78, 5) is 25.9. The van der Waals surface area contributed by atoms with E-state index < -0.39 is 16.8 Å². The van der Waals surface area contributed by atoms with Crippen LogP contribution in [0.2, 0.25) is 0 Å². The average molecular weight is 323 g/mol. The molecule has 1 saturated heterocycles. The number of carbonyl (C=O) groups is 2. The van der Waals surface area contributed by atoms with Crippen molar-refractivity contribution in [3.8, 4) is 0 Å². The van der Waals surface area contributed by atoms with Crippen molar-refractivity contribution in [3.05, 3.63) is 29.8 Å². The van der Waals surface area contributed by atoms with E-state index in [0.717, 1.165) is 19.3 Å². The lowest BCUT2D eigenvalue weighted by molar-refractivity contribution is -0.137. The molecule has 0 aromatic heterocycles. The summed E-state index contributed by atoms with van der Waals surface area (Å²) >= 11 is 0. The van der Waals surface area contributed by atoms with Gasteiger partial charge in [0.2, 0.25) is 0 Å². The molecule has 2 unspecified atom stereocenters. The van der Waals surface area contributed by atoms with E-state index in [-0.39, 0.29) is 18.4 Å². The van der Waals surface area contributed by atoms with Crippen LogP contribution >= 0.6 is 0 Å². The molecule has 1 aromatic rings. The number of carbonyl (C=O) groups excluding carboxylic acids is 1. The van der Waals surface area contributed by atoms with E-state index in [2.05, 4.69) is 0 Å². The molecular formula is C16H21NO4S. The molecule has 6 heteroatoms. The minimum absolute atomic E-state index is 0.00247. The van der Waals surface area contributed by atoms with Crippen LogP contribution in [-0.4, -0.2) is 44.9 Å². The minimum Gasteiger partial charge on any atom is -0.481 e. The van der Waals surface area contributed by atoms with Gasteiger partial charge in [0, 0.05) is 46.5 Å². The highest BCUT2D eigenvalue weighted by Gasteiger charge is 2.27. The molecule has 1 aliphatic heterocycles. The second-order valence-corrected chi connectivity index (χ2v) is 6.94. The van der Waals surface area contributed by atoms with Crippen LogP contribution in [-0.2, 0) is 15.6 Å². The molecule has 1 heterocycles. The van der Waals surface area contributed by atoms with Crippen LogP contribution in [0.4, 0.5) is 0 Å². The Morgan fingerprint density at radius 1 is 1.27 bits per heavy atom. The Morgan fingerprint density at radius 3 is 2.55 bits per heavy atom. The molecule has 0 saturated carbocycles. The van der Waals surface area contributed by atoms with Crippen molar-refractivity contribution >= 4 is 22.7 Å². The Kier molecular flexibility index (Phi) is 5.71. The largest absolute Gasteiger partial charge is 0.481 e. The van der Waals surface area contributed by atoms with Gasteiger partial charge in [-0.2, -0.15) is 0 Å². The first-order chi connectivity index (χ1) is 10.5. The van der Waals surface area contributed by atoms with Crippen LogP contribution in [0.15, 0.2) is 29.2 Å². The summed E-state index contributed by atoms with van der Waals surface area (Å²) < 4.78 is 11.4. The highest BCUT2D eigenvalue weighted by molar-refractivity contribution is 7.84. The number of nitrogens with zero attached hydrogens (tertiary/aromatic N) is 1. The first-order valence-corrected chi connectivity index (χ1v) is 9.01. The predicted octanol–water partition coefficient (Wildman–Crippen LogP) is 2.28. The van der Waals surface area contributed by atoms with E-state index in [4.69, 9.17) is 5.11 Å². The Balaban J connectivity index is 2.10. The molecule has 120 valence electrons. The molecule has 1 N–H and O–H groups in total. The van der Waals surface area contributed by atoms with Gasteiger partial charge in [0.15, 0.2) is 0 Å². The predicted molar refractivity (Wildman–Crippen MR) is 84.3 cm³/mol. The molecule has 1 amide bonds. The molecule has 2 rings (SSSR count). The number of rotatable bonds is 5. The molecule has 1 aliphatic rings. The summed E-state index contributed by atoms with van der Waals surface area (Å²) in [5, 5.41) is 8.84. The number of benzene rings is 1. The van der Waals surface area contributed by atoms with Crippen LogP contribution in [0.5, 0.6) is 0 Å². The fraction of sp³-hybridized carbons (Fsp3) is 0.500. The Hall–Kier alpha value is -1.69. The number of amides is 1. The fourth-order valence-corrected chi connectivity index (χ4v) is 3.33. The van der Waals surface area contributed by atoms with Gasteiger partial charge in [-0.1, -0.05) is 0 Å². The lowest BCUT2D eigenvalue weighted by atomic mass is 9.97. The third-order valence-corrected chi connectivity index (χ3v) is 4.95. The molecule has 0 aliphatic carbocycles. The smallest absolute Gasteiger partial charge is 0.303 e. The molecular weight excluding hydrogens is 302 g/mol. The van der Waals surface area contributed by atoms with Crippen molar-refractivity contribution in [2.45, 2.75) is 43.0 Å². The number of hydrogen-bond acceptors (Lipinski definition) is 3. The van der Waals surface area contributed by atoms with E-state index in [1.807, 2.05) is 0 Å². The molecule has 22 heavy (non-hydrogen) atoms. The van der Waals surface area contributed by atoms with Crippen LogP contribution in [0.3, 0.4) is 0 Å². The van der Waals surface area contributed by atoms with Crippen LogP contribution in [0.1, 0.15) is 42.5 Å². The van der Waals surface area contributed by atoms with E-state index in [1.54, 1.807) is 35.4 Å². The average Bonchev–Trinajstić information content (AvgIpc) is 2.52. The summed E-state index contributed by atoms with van der Waals surface area (Å²) in [7, 11) is -1.06. The Labute approximate surface area is 132 Å². The van der Waals surface area contributed by atoms with Gasteiger partial charge < -0.3 is 10.0 Å². The first-order valence-electron chi connectivity index (χ1n) is 7.45. The molecule has 0 spiro atoms. The zero-order valence-corrected chi connectivity index (χ0v) is 13.5. The molecule has 5 nitrogen and oxygen atoms in total. The van der Waals surface area contributed by atoms with Crippen LogP contribution in [0, 0.1) is 0 Å². The van der Waals surface area contributed by atoms with Crippen molar-refractivity contribution < 1.29 is 18.9 Å². The van der Waals surface area contributed by atoms with Gasteiger partial charge in [0.25, 0.3) is 5.91 Å². The molecule has 0 radical (unpaired) electrons. The third-order valence-electron chi connectivity index (χ3n) is 4.01. The first kappa shape index (κ1) is 16.7. The van der Waals surface area contributed by atoms with Crippen molar-refractivity contribution in [1.29, 1.82) is 0 Å². The summed E-state index contributed by atoms with van der Waals surface area (Å²) in [5.41, 5.74) is 0.566. The lowest BCUT2D eigenvalue weighted by Crippen LogP contribution is -2.43. The SMILES string of the molecule is CS(=O)c1ccc(C(=O)N2CCCCC2CCC(=O)O)cc1. The summed E-state index contributed by atoms with van der Waals surface area (Å²) in [6.07, 6.45) is 5.02. The number of piperidine rings is 1. The topological polar surface area (TPSA) is 74.7 Å². The maximum atomic E-state index is 12.6. The number of hydrogen-bond donors (Lipinski definition) is 1. The van der Waals surface area contributed by atoms with Crippen molar-refractivity contribution in [3.63, 3.8) is 0 Å². The fourth-order valence-electron chi connectivity index (χ4n) is 2.81. The van der Waals surface area contributed by atoms with E-state index >= 15 is 0 Å². The van der Waals surface area contributed by atoms with Gasteiger partial charge >= 0.3 is 5.97 Å². The van der Waals surface area contributed by atoms with E-state index in [1.165, 1.54) is 0 Å². The van der Waals surface area contributed by atoms with Gasteiger partial charge in [0.05, 0.1) is 0 Å². The van der Waals surface area contributed by atoms with Crippen molar-refractivity contribution in [2.24, 2.45) is 0 Å². The highest BCUT2D eigenvalue weighted by Crippen LogP contribution is 2.23. The molecule has 1 aromatic carbocycles. The number of carboxylic acids is 1. The zero-order chi connectivity index (χ0) is 16.1.